The molecule has 1 unspecified atom stereocenters. The van der Waals surface area contributed by atoms with Gasteiger partial charge in [-0.1, -0.05) is 89.9 Å². The Balaban J connectivity index is 0.971. The number of rotatable bonds is 22. The molecule has 3 fully saturated rings. The molecule has 0 spiro atoms. The van der Waals surface area contributed by atoms with E-state index in [4.69, 9.17) is 0 Å². The van der Waals surface area contributed by atoms with Gasteiger partial charge in [-0.15, -0.1) is 0 Å². The zero-order valence-corrected chi connectivity index (χ0v) is 29.7. The van der Waals surface area contributed by atoms with Crippen LogP contribution in [0.1, 0.15) is 181 Å². The van der Waals surface area contributed by atoms with Crippen LogP contribution in [0.2, 0.25) is 0 Å². The van der Waals surface area contributed by atoms with Gasteiger partial charge < -0.3 is 25.7 Å². The van der Waals surface area contributed by atoms with E-state index < -0.39 is 0 Å². The number of fused-ring (bicyclic) bond motifs is 1. The van der Waals surface area contributed by atoms with Crippen LogP contribution in [0, 0.1) is 0 Å². The molecule has 0 aliphatic carbocycles. The molecule has 0 amide bonds. The highest BCUT2D eigenvalue weighted by Crippen LogP contribution is 2.25. The molecule has 260 valence electrons. The lowest BCUT2D eigenvalue weighted by atomic mass is 9.93. The monoisotopic (exact) mass is 629 g/mol. The number of piperidine rings is 2. The molecule has 3 saturated heterocycles. The molecule has 5 heteroatoms. The summed E-state index contributed by atoms with van der Waals surface area (Å²) in [4.78, 5) is 1.81. The van der Waals surface area contributed by atoms with Crippen LogP contribution >= 0.6 is 0 Å². The van der Waals surface area contributed by atoms with Crippen molar-refractivity contribution >= 4 is 0 Å². The van der Waals surface area contributed by atoms with Gasteiger partial charge >= 0.3 is 0 Å². The lowest BCUT2D eigenvalue weighted by Gasteiger charge is -2.32. The van der Waals surface area contributed by atoms with Gasteiger partial charge in [0.2, 0.25) is 0 Å². The fraction of sp³-hybridized carbons (Fsp3) is 0.900. The minimum atomic E-state index is -0.143. The Morgan fingerprint density at radius 3 is 1.60 bits per heavy atom. The Hall–Kier alpha value is -0.720. The maximum Gasteiger partial charge on any atom is 0.111 e. The first kappa shape index (κ1) is 37.1. The van der Waals surface area contributed by atoms with Crippen LogP contribution in [-0.4, -0.2) is 59.7 Å². The van der Waals surface area contributed by atoms with E-state index in [1.165, 1.54) is 154 Å². The summed E-state index contributed by atoms with van der Waals surface area (Å²) < 4.78 is 0. The second-order valence-corrected chi connectivity index (χ2v) is 15.8. The summed E-state index contributed by atoms with van der Waals surface area (Å²) >= 11 is 0. The van der Waals surface area contributed by atoms with Crippen molar-refractivity contribution in [1.29, 1.82) is 0 Å². The van der Waals surface area contributed by atoms with E-state index in [1.807, 2.05) is 4.90 Å². The van der Waals surface area contributed by atoms with E-state index in [1.54, 1.807) is 16.8 Å². The first-order chi connectivity index (χ1) is 22.0. The molecule has 0 saturated carbocycles. The topological polar surface area (TPSA) is 69.0 Å². The quantitative estimate of drug-likeness (QED) is 0.0799. The minimum Gasteiger partial charge on any atom is -0.392 e. The Morgan fingerprint density at radius 1 is 0.622 bits per heavy atom. The number of aliphatic hydroxyl groups is 2. The van der Waals surface area contributed by atoms with Gasteiger partial charge in [0.1, 0.15) is 12.2 Å². The van der Waals surface area contributed by atoms with Gasteiger partial charge in [0.25, 0.3) is 0 Å². The van der Waals surface area contributed by atoms with E-state index in [9.17, 15) is 10.2 Å². The highest BCUT2D eigenvalue weighted by molar-refractivity contribution is 5.30. The lowest BCUT2D eigenvalue weighted by molar-refractivity contribution is -0.847. The Morgan fingerprint density at radius 2 is 1.09 bits per heavy atom. The molecular weight excluding hydrogens is 554 g/mol. The third-order valence-corrected chi connectivity index (χ3v) is 11.9. The molecular formula is C40H74N3O2+. The van der Waals surface area contributed by atoms with E-state index >= 15 is 0 Å². The first-order valence-corrected chi connectivity index (χ1v) is 20.1. The van der Waals surface area contributed by atoms with Crippen LogP contribution in [0.5, 0.6) is 0 Å². The van der Waals surface area contributed by atoms with Crippen molar-refractivity contribution in [2.45, 2.75) is 217 Å². The van der Waals surface area contributed by atoms with Crippen LogP contribution in [0.25, 0.3) is 0 Å². The fourth-order valence-corrected chi connectivity index (χ4v) is 8.83. The number of aliphatic hydroxyl groups excluding tert-OH is 2. The van der Waals surface area contributed by atoms with Crippen molar-refractivity contribution in [1.82, 2.24) is 10.6 Å². The molecule has 0 aromatic carbocycles. The summed E-state index contributed by atoms with van der Waals surface area (Å²) in [6.07, 6.45) is 36.9. The van der Waals surface area contributed by atoms with Crippen LogP contribution in [0.15, 0.2) is 22.9 Å². The van der Waals surface area contributed by atoms with Gasteiger partial charge in [0.05, 0.1) is 18.8 Å². The van der Waals surface area contributed by atoms with Crippen molar-refractivity contribution in [3.63, 3.8) is 0 Å². The number of hydrogen-bond acceptors (Lipinski definition) is 4. The molecule has 45 heavy (non-hydrogen) atoms. The second kappa shape index (κ2) is 21.3. The van der Waals surface area contributed by atoms with Crippen molar-refractivity contribution < 1.29 is 15.1 Å². The van der Waals surface area contributed by atoms with Gasteiger partial charge in [-0.2, -0.15) is 0 Å². The number of hydrogen-bond donors (Lipinski definition) is 5. The van der Waals surface area contributed by atoms with E-state index in [2.05, 4.69) is 30.6 Å². The predicted octanol–water partition coefficient (Wildman–Crippen LogP) is 7.66. The average molecular weight is 629 g/mol. The molecule has 4 aliphatic rings. The summed E-state index contributed by atoms with van der Waals surface area (Å²) in [5, 5.41) is 27.0. The summed E-state index contributed by atoms with van der Waals surface area (Å²) in [5.41, 5.74) is 5.26. The Labute approximate surface area is 278 Å². The average Bonchev–Trinajstić information content (AvgIpc) is 3.51. The predicted molar refractivity (Wildman–Crippen MR) is 191 cm³/mol. The van der Waals surface area contributed by atoms with E-state index in [0.717, 1.165) is 25.7 Å². The van der Waals surface area contributed by atoms with E-state index in [-0.39, 0.29) is 24.3 Å². The number of allylic oxidation sites excluding steroid dienone is 3. The fourth-order valence-electron chi connectivity index (χ4n) is 8.83. The van der Waals surface area contributed by atoms with Gasteiger partial charge in [0.15, 0.2) is 0 Å². The SMILES string of the molecule is C[C@H]1N[C@H](CCCCCCCCCCC2=CC(CCCCCCCCCC[C@@H]3CC[C@@H](O)[C@@H](C)N3)=C3CCC[NH+]3C2)CC[C@H]1O. The summed E-state index contributed by atoms with van der Waals surface area (Å²) in [6, 6.07) is 1.81. The molecule has 0 aromatic rings. The standard InChI is InChI=1S/C40H73N3O2/c1-32-39(44)27-25-36(41-32)22-17-13-9-5-3-7-11-15-20-34-30-35(38-24-19-29-43(38)31-34)21-16-12-8-4-6-10-14-18-23-37-26-28-40(45)33(2)42-37/h30,32-33,36-37,39-42,44-45H,3-29,31H2,1-2H3/p+1/t32-,33-,36-,37-,39-,40-/m1/s1. The van der Waals surface area contributed by atoms with Gasteiger partial charge in [0, 0.05) is 42.6 Å². The zero-order valence-electron chi connectivity index (χ0n) is 29.7. The van der Waals surface area contributed by atoms with Crippen molar-refractivity contribution in [2.24, 2.45) is 0 Å². The highest BCUT2D eigenvalue weighted by Gasteiger charge is 2.30. The van der Waals surface area contributed by atoms with Crippen molar-refractivity contribution in [3.05, 3.63) is 22.9 Å². The zero-order chi connectivity index (χ0) is 31.7. The maximum atomic E-state index is 9.89. The molecule has 4 heterocycles. The number of quaternary nitrogens is 1. The maximum absolute atomic E-state index is 9.89. The van der Waals surface area contributed by atoms with Crippen LogP contribution in [-0.2, 0) is 0 Å². The summed E-state index contributed by atoms with van der Waals surface area (Å²) in [5.74, 6) is 0. The van der Waals surface area contributed by atoms with Crippen LogP contribution in [0.3, 0.4) is 0 Å². The normalized spacial score (nSPS) is 30.5. The lowest BCUT2D eigenvalue weighted by Crippen LogP contribution is -3.09. The Bertz CT molecular complexity index is 872. The van der Waals surface area contributed by atoms with E-state index in [0.29, 0.717) is 12.1 Å². The summed E-state index contributed by atoms with van der Waals surface area (Å²) in [7, 11) is 0. The number of nitrogens with one attached hydrogen (secondary N) is 3. The largest absolute Gasteiger partial charge is 0.392 e. The van der Waals surface area contributed by atoms with Crippen LogP contribution < -0.4 is 15.5 Å². The number of unbranched alkanes of at least 4 members (excludes halogenated alkanes) is 14. The minimum absolute atomic E-state index is 0.143. The molecule has 4 aliphatic heterocycles. The molecule has 7 atom stereocenters. The van der Waals surface area contributed by atoms with Gasteiger partial charge in [-0.05, 0) is 89.7 Å². The summed E-state index contributed by atoms with van der Waals surface area (Å²) in [6.45, 7) is 6.91. The molecule has 4 rings (SSSR count). The molecule has 5 nitrogen and oxygen atoms in total. The molecule has 0 aromatic heterocycles. The van der Waals surface area contributed by atoms with Crippen molar-refractivity contribution in [2.75, 3.05) is 13.1 Å². The third kappa shape index (κ3) is 13.7. The molecule has 5 N–H and O–H groups in total. The van der Waals surface area contributed by atoms with Gasteiger partial charge in [-0.25, -0.2) is 0 Å². The highest BCUT2D eigenvalue weighted by atomic mass is 16.3. The molecule has 0 radical (unpaired) electrons. The first-order valence-electron chi connectivity index (χ1n) is 20.1. The second-order valence-electron chi connectivity index (χ2n) is 15.8. The Kier molecular flexibility index (Phi) is 17.6. The molecule has 0 bridgehead atoms. The third-order valence-electron chi connectivity index (χ3n) is 11.9. The van der Waals surface area contributed by atoms with Gasteiger partial charge in [-0.3, -0.25) is 0 Å². The smallest absolute Gasteiger partial charge is 0.111 e. The van der Waals surface area contributed by atoms with Crippen molar-refractivity contribution in [3.8, 4) is 0 Å². The van der Waals surface area contributed by atoms with Crippen LogP contribution in [0.4, 0.5) is 0 Å².